The molecule has 1 aromatic rings. The first-order valence-electron chi connectivity index (χ1n) is 5.70. The van der Waals surface area contributed by atoms with E-state index < -0.39 is 11.3 Å². The molecule has 0 bridgehead atoms. The molecule has 7 heteroatoms. The van der Waals surface area contributed by atoms with Gasteiger partial charge in [-0.3, -0.25) is 14.8 Å². The molecule has 0 unspecified atom stereocenters. The van der Waals surface area contributed by atoms with Crippen molar-refractivity contribution in [2.24, 2.45) is 7.05 Å². The van der Waals surface area contributed by atoms with Crippen LogP contribution in [0.4, 0.5) is 0 Å². The largest absolute Gasteiger partial charge is 0.343 e. The molecule has 2 heterocycles. The van der Waals surface area contributed by atoms with Crippen LogP contribution >= 0.6 is 0 Å². The van der Waals surface area contributed by atoms with Gasteiger partial charge in [-0.25, -0.2) is 0 Å². The Labute approximate surface area is 105 Å². The first-order chi connectivity index (χ1) is 8.27. The summed E-state index contributed by atoms with van der Waals surface area (Å²) < 4.78 is 12.5. The number of aryl methyl sites for hydroxylation is 2. The summed E-state index contributed by atoms with van der Waals surface area (Å²) in [7, 11) is 1.73. The topological polar surface area (TPSA) is 79.4 Å². The molecular weight excluding hydrogens is 238 g/mol. The van der Waals surface area contributed by atoms with E-state index in [0.29, 0.717) is 11.3 Å². The Morgan fingerprint density at radius 2 is 2.00 bits per heavy atom. The summed E-state index contributed by atoms with van der Waals surface area (Å²) in [6.07, 6.45) is 1.66. The fraction of sp³-hybridized carbons (Fsp3) is 0.727. The van der Waals surface area contributed by atoms with Crippen molar-refractivity contribution in [2.75, 3.05) is 13.2 Å². The summed E-state index contributed by atoms with van der Waals surface area (Å²) >= 11 is 0. The van der Waals surface area contributed by atoms with Gasteiger partial charge < -0.3 is 9.47 Å². The van der Waals surface area contributed by atoms with Crippen LogP contribution < -0.4 is 0 Å². The molecule has 0 radical (unpaired) electrons. The molecule has 1 aliphatic rings. The number of nitro groups is 1. The van der Waals surface area contributed by atoms with Crippen LogP contribution in [0.2, 0.25) is 0 Å². The summed E-state index contributed by atoms with van der Waals surface area (Å²) in [4.78, 5) is 11.1. The van der Waals surface area contributed by atoms with E-state index in [9.17, 15) is 10.1 Å². The van der Waals surface area contributed by atoms with Gasteiger partial charge in [-0.05, 0) is 20.8 Å². The van der Waals surface area contributed by atoms with Gasteiger partial charge in [0.2, 0.25) is 0 Å². The lowest BCUT2D eigenvalue weighted by Crippen LogP contribution is -2.53. The van der Waals surface area contributed by atoms with Crippen molar-refractivity contribution in [3.8, 4) is 0 Å². The molecule has 0 aromatic carbocycles. The third-order valence-corrected chi connectivity index (χ3v) is 3.18. The number of aromatic nitrogens is 2. The van der Waals surface area contributed by atoms with Crippen LogP contribution in [0.25, 0.3) is 0 Å². The normalized spacial score (nSPS) is 21.8. The predicted molar refractivity (Wildman–Crippen MR) is 62.6 cm³/mol. The van der Waals surface area contributed by atoms with Crippen LogP contribution in [0.1, 0.15) is 25.1 Å². The molecule has 0 spiro atoms. The van der Waals surface area contributed by atoms with E-state index in [4.69, 9.17) is 9.47 Å². The van der Waals surface area contributed by atoms with Crippen LogP contribution in [-0.4, -0.2) is 33.7 Å². The van der Waals surface area contributed by atoms with E-state index in [0.717, 1.165) is 0 Å². The lowest BCUT2D eigenvalue weighted by atomic mass is 9.92. The maximum Gasteiger partial charge on any atom is 0.296 e. The molecule has 0 saturated carbocycles. The lowest BCUT2D eigenvalue weighted by Gasteiger charge is -2.37. The van der Waals surface area contributed by atoms with Crippen LogP contribution in [0.15, 0.2) is 6.20 Å². The quantitative estimate of drug-likeness (QED) is 0.581. The zero-order valence-electron chi connectivity index (χ0n) is 11.0. The predicted octanol–water partition coefficient (Wildman–Crippen LogP) is 0.983. The molecule has 18 heavy (non-hydrogen) atoms. The monoisotopic (exact) mass is 255 g/mol. The van der Waals surface area contributed by atoms with Crippen LogP contribution in [0.5, 0.6) is 0 Å². The van der Waals surface area contributed by atoms with Crippen LogP contribution in [0, 0.1) is 17.0 Å². The molecule has 7 nitrogen and oxygen atoms in total. The maximum atomic E-state index is 11.5. The summed E-state index contributed by atoms with van der Waals surface area (Å²) in [5.41, 5.74) is -0.194. The summed E-state index contributed by atoms with van der Waals surface area (Å²) in [5, 5.41) is 15.6. The van der Waals surface area contributed by atoms with Crippen molar-refractivity contribution < 1.29 is 14.4 Å². The first kappa shape index (κ1) is 13.0. The van der Waals surface area contributed by atoms with Crippen molar-refractivity contribution in [1.29, 1.82) is 0 Å². The highest BCUT2D eigenvalue weighted by molar-refractivity contribution is 5.24. The molecule has 1 aromatic heterocycles. The van der Waals surface area contributed by atoms with Crippen molar-refractivity contribution >= 4 is 0 Å². The number of rotatable bonds is 2. The van der Waals surface area contributed by atoms with Gasteiger partial charge in [0.25, 0.3) is 5.54 Å². The molecule has 100 valence electrons. The minimum Gasteiger partial charge on any atom is -0.343 e. The van der Waals surface area contributed by atoms with Crippen molar-refractivity contribution in [3.05, 3.63) is 27.6 Å². The smallest absolute Gasteiger partial charge is 0.296 e. The molecule has 1 aliphatic heterocycles. The van der Waals surface area contributed by atoms with Crippen molar-refractivity contribution in [1.82, 2.24) is 9.78 Å². The highest BCUT2D eigenvalue weighted by Crippen LogP contribution is 2.35. The minimum atomic E-state index is -1.37. The summed E-state index contributed by atoms with van der Waals surface area (Å²) in [6, 6.07) is 0. The molecule has 1 fully saturated rings. The Morgan fingerprint density at radius 1 is 1.44 bits per heavy atom. The Hall–Kier alpha value is -1.47. The molecular formula is C11H17N3O4. The molecule has 2 rings (SSSR count). The van der Waals surface area contributed by atoms with Crippen molar-refractivity contribution in [3.63, 3.8) is 0 Å². The average Bonchev–Trinajstić information content (AvgIpc) is 2.58. The number of hydrogen-bond donors (Lipinski definition) is 0. The maximum absolute atomic E-state index is 11.5. The number of hydrogen-bond acceptors (Lipinski definition) is 5. The molecule has 0 N–H and O–H groups in total. The third-order valence-electron chi connectivity index (χ3n) is 3.18. The number of nitrogens with zero attached hydrogens (tertiary/aromatic N) is 3. The van der Waals surface area contributed by atoms with Gasteiger partial charge in [-0.1, -0.05) is 0 Å². The Kier molecular flexibility index (Phi) is 2.90. The standard InChI is InChI=1S/C11H17N3O4/c1-8-9(5-13(4)12-8)11(14(15)16)6-17-10(2,3)18-7-11/h5H,6-7H2,1-4H3. The van der Waals surface area contributed by atoms with Crippen LogP contribution in [-0.2, 0) is 22.1 Å². The van der Waals surface area contributed by atoms with Gasteiger partial charge in [0.15, 0.2) is 5.79 Å². The van der Waals surface area contributed by atoms with E-state index in [-0.39, 0.29) is 18.1 Å². The second-order valence-corrected chi connectivity index (χ2v) is 5.07. The Balaban J connectivity index is 2.41. The Bertz CT molecular complexity index is 471. The van der Waals surface area contributed by atoms with Gasteiger partial charge in [0.05, 0.1) is 11.3 Å². The number of ether oxygens (including phenoxy) is 2. The molecule has 0 aliphatic carbocycles. The first-order valence-corrected chi connectivity index (χ1v) is 5.70. The van der Waals surface area contributed by atoms with Gasteiger partial charge in [0.1, 0.15) is 13.2 Å². The summed E-state index contributed by atoms with van der Waals surface area (Å²) in [5.74, 6) is -0.782. The van der Waals surface area contributed by atoms with Gasteiger partial charge in [-0.15, -0.1) is 0 Å². The van der Waals surface area contributed by atoms with Crippen molar-refractivity contribution in [2.45, 2.75) is 32.1 Å². The molecule has 0 amide bonds. The zero-order valence-corrected chi connectivity index (χ0v) is 11.0. The van der Waals surface area contributed by atoms with E-state index in [1.807, 2.05) is 0 Å². The minimum absolute atomic E-state index is 0.0144. The van der Waals surface area contributed by atoms with Gasteiger partial charge >= 0.3 is 0 Å². The highest BCUT2D eigenvalue weighted by Gasteiger charge is 2.53. The zero-order chi connectivity index (χ0) is 13.6. The molecule has 1 saturated heterocycles. The second kappa shape index (κ2) is 4.03. The highest BCUT2D eigenvalue weighted by atomic mass is 16.7. The third kappa shape index (κ3) is 1.99. The van der Waals surface area contributed by atoms with E-state index in [1.54, 1.807) is 38.7 Å². The van der Waals surface area contributed by atoms with E-state index in [2.05, 4.69) is 5.10 Å². The SMILES string of the molecule is Cc1nn(C)cc1C1([N+](=O)[O-])COC(C)(C)OC1. The average molecular weight is 255 g/mol. The fourth-order valence-electron chi connectivity index (χ4n) is 2.09. The van der Waals surface area contributed by atoms with Crippen LogP contribution in [0.3, 0.4) is 0 Å². The second-order valence-electron chi connectivity index (χ2n) is 5.07. The van der Waals surface area contributed by atoms with E-state index in [1.165, 1.54) is 0 Å². The Morgan fingerprint density at radius 3 is 2.39 bits per heavy atom. The fourth-order valence-corrected chi connectivity index (χ4v) is 2.09. The molecule has 0 atom stereocenters. The van der Waals surface area contributed by atoms with Gasteiger partial charge in [-0.2, -0.15) is 5.10 Å². The van der Waals surface area contributed by atoms with E-state index >= 15 is 0 Å². The summed E-state index contributed by atoms with van der Waals surface area (Å²) in [6.45, 7) is 5.21. The lowest BCUT2D eigenvalue weighted by molar-refractivity contribution is -0.605. The van der Waals surface area contributed by atoms with Gasteiger partial charge in [0, 0.05) is 18.2 Å².